The molecule has 0 aromatic rings. The van der Waals surface area contributed by atoms with Crippen LogP contribution in [0, 0.1) is 0 Å². The minimum atomic E-state index is -1.22. The monoisotopic (exact) mass is 466 g/mol. The maximum Gasteiger partial charge on any atom is 0.310 e. The molecule has 182 valence electrons. The van der Waals surface area contributed by atoms with Gasteiger partial charge >= 0.3 is 35.8 Å². The zero-order valence-corrected chi connectivity index (χ0v) is 17.0. The van der Waals surface area contributed by atoms with Crippen LogP contribution in [0.15, 0.2) is 0 Å². The maximum absolute atomic E-state index is 10.5. The summed E-state index contributed by atoms with van der Waals surface area (Å²) in [5.74, 6) is -6.23. The number of aliphatic hydroxyl groups excluding tert-OH is 1. The third kappa shape index (κ3) is 22.7. The Balaban J connectivity index is 0. The molecule has 1 heterocycles. The van der Waals surface area contributed by atoms with Gasteiger partial charge in [-0.15, -0.1) is 0 Å². The van der Waals surface area contributed by atoms with Gasteiger partial charge in [0, 0.05) is 19.3 Å². The highest BCUT2D eigenvalue weighted by Crippen LogP contribution is 2.16. The predicted molar refractivity (Wildman–Crippen MR) is 101 cm³/mol. The fraction of sp³-hybridized carbons (Fsp3) is 0.611. The van der Waals surface area contributed by atoms with Gasteiger partial charge in [0.15, 0.2) is 0 Å². The Kier molecular flexibility index (Phi) is 16.4. The van der Waals surface area contributed by atoms with Gasteiger partial charge in [-0.25, -0.2) is 0 Å². The molecular formula is C18H26O14. The van der Waals surface area contributed by atoms with E-state index in [4.69, 9.17) is 30.6 Å². The summed E-state index contributed by atoms with van der Waals surface area (Å²) in [5, 5.41) is 49.6. The van der Waals surface area contributed by atoms with Crippen molar-refractivity contribution >= 4 is 41.6 Å². The number of carboxylic acid groups (broad SMARTS) is 5. The van der Waals surface area contributed by atoms with Crippen LogP contribution in [0.25, 0.3) is 0 Å². The van der Waals surface area contributed by atoms with Crippen LogP contribution >= 0.6 is 0 Å². The normalized spacial score (nSPS) is 15.0. The first-order valence-electron chi connectivity index (χ1n) is 9.21. The zero-order valence-electron chi connectivity index (χ0n) is 17.0. The fourth-order valence-corrected chi connectivity index (χ4v) is 2.02. The fourth-order valence-electron chi connectivity index (χ4n) is 2.02. The average Bonchev–Trinajstić information content (AvgIpc) is 3.02. The molecule has 1 rings (SSSR count). The molecule has 0 aromatic carbocycles. The largest absolute Gasteiger partial charge is 0.481 e. The van der Waals surface area contributed by atoms with E-state index in [9.17, 15) is 33.6 Å². The summed E-state index contributed by atoms with van der Waals surface area (Å²) >= 11 is 0. The predicted octanol–water partition coefficient (Wildman–Crippen LogP) is -0.251. The van der Waals surface area contributed by atoms with Crippen LogP contribution in [0.2, 0.25) is 0 Å². The van der Waals surface area contributed by atoms with Gasteiger partial charge < -0.3 is 35.4 Å². The van der Waals surface area contributed by atoms with Crippen LogP contribution in [0.1, 0.15) is 57.8 Å². The third-order valence-corrected chi connectivity index (χ3v) is 3.44. The van der Waals surface area contributed by atoms with Crippen LogP contribution < -0.4 is 0 Å². The minimum absolute atomic E-state index is 0.0123. The van der Waals surface area contributed by atoms with Crippen molar-refractivity contribution in [1.82, 2.24) is 0 Å². The van der Waals surface area contributed by atoms with Gasteiger partial charge in [-0.05, 0) is 12.8 Å². The van der Waals surface area contributed by atoms with Gasteiger partial charge in [0.2, 0.25) is 0 Å². The lowest BCUT2D eigenvalue weighted by molar-refractivity contribution is -0.146. The quantitative estimate of drug-likeness (QED) is 0.160. The second-order valence-corrected chi connectivity index (χ2v) is 6.44. The standard InChI is InChI=1S/C6H10O5.C6H8O5.C6H8O4/c2*7-4(3-6(10)11)1-2-5(8)9;7-5(8)3-4-1-2-6(9)10-4/h4,7H,1-3H2,(H,8,9)(H,10,11);1-3H2,(H,8,9)(H,10,11);4H,1-3H2,(H,7,8). The van der Waals surface area contributed by atoms with E-state index in [1.807, 2.05) is 0 Å². The first-order chi connectivity index (χ1) is 14.7. The van der Waals surface area contributed by atoms with E-state index < -0.39 is 54.6 Å². The molecule has 0 saturated carbocycles. The van der Waals surface area contributed by atoms with E-state index in [1.54, 1.807) is 0 Å². The zero-order chi connectivity index (χ0) is 25.3. The number of hydrogen-bond acceptors (Lipinski definition) is 9. The van der Waals surface area contributed by atoms with Gasteiger partial charge in [0.1, 0.15) is 18.3 Å². The number of hydrogen-bond donors (Lipinski definition) is 6. The number of Topliss-reactive ketones (excluding diaryl/α,β-unsaturated/α-hetero) is 1. The Morgan fingerprint density at radius 1 is 0.812 bits per heavy atom. The molecule has 0 aromatic heterocycles. The van der Waals surface area contributed by atoms with Crippen molar-refractivity contribution in [2.45, 2.75) is 70.0 Å². The molecule has 0 spiro atoms. The first-order valence-corrected chi connectivity index (χ1v) is 9.21. The molecule has 0 radical (unpaired) electrons. The number of carboxylic acids is 5. The van der Waals surface area contributed by atoms with E-state index >= 15 is 0 Å². The number of esters is 1. The highest BCUT2D eigenvalue weighted by atomic mass is 16.6. The summed E-state index contributed by atoms with van der Waals surface area (Å²) in [6.45, 7) is 0. The second kappa shape index (κ2) is 17.2. The Morgan fingerprint density at radius 3 is 1.75 bits per heavy atom. The molecule has 6 N–H and O–H groups in total. The summed E-state index contributed by atoms with van der Waals surface area (Å²) in [6.07, 6.45) is -2.30. The van der Waals surface area contributed by atoms with Crippen molar-refractivity contribution in [3.05, 3.63) is 0 Å². The maximum atomic E-state index is 10.5. The Bertz CT molecular complexity index is 683. The lowest BCUT2D eigenvalue weighted by atomic mass is 10.1. The molecule has 0 bridgehead atoms. The molecule has 0 amide bonds. The molecule has 14 nitrogen and oxygen atoms in total. The SMILES string of the molecule is O=C(O)CC1CCC(=O)O1.O=C(O)CCC(=O)CC(=O)O.O=C(O)CCC(O)CC(=O)O. The van der Waals surface area contributed by atoms with Crippen LogP contribution in [0.3, 0.4) is 0 Å². The smallest absolute Gasteiger partial charge is 0.310 e. The number of ether oxygens (including phenoxy) is 1. The van der Waals surface area contributed by atoms with Crippen molar-refractivity contribution in [2.24, 2.45) is 0 Å². The first kappa shape index (κ1) is 30.6. The number of rotatable bonds is 12. The van der Waals surface area contributed by atoms with Gasteiger partial charge in [-0.1, -0.05) is 0 Å². The van der Waals surface area contributed by atoms with E-state index in [-0.39, 0.29) is 44.2 Å². The van der Waals surface area contributed by atoms with Crippen LogP contribution in [-0.4, -0.2) is 84.4 Å². The lowest BCUT2D eigenvalue weighted by Gasteiger charge is -2.03. The van der Waals surface area contributed by atoms with E-state index in [0.717, 1.165) is 0 Å². The molecule has 1 aliphatic rings. The topological polar surface area (TPSA) is 250 Å². The molecule has 2 atom stereocenters. The summed E-state index contributed by atoms with van der Waals surface area (Å²) in [6, 6.07) is 0. The van der Waals surface area contributed by atoms with E-state index in [2.05, 4.69) is 4.74 Å². The van der Waals surface area contributed by atoms with Crippen molar-refractivity contribution < 1.29 is 68.9 Å². The number of ketones is 1. The van der Waals surface area contributed by atoms with Crippen LogP contribution in [0.5, 0.6) is 0 Å². The molecule has 2 unspecified atom stereocenters. The van der Waals surface area contributed by atoms with Crippen molar-refractivity contribution in [3.63, 3.8) is 0 Å². The highest BCUT2D eigenvalue weighted by Gasteiger charge is 2.25. The Morgan fingerprint density at radius 2 is 1.38 bits per heavy atom. The van der Waals surface area contributed by atoms with Gasteiger partial charge in [0.25, 0.3) is 0 Å². The number of carbonyl (C=O) groups excluding carboxylic acids is 2. The molecular weight excluding hydrogens is 440 g/mol. The summed E-state index contributed by atoms with van der Waals surface area (Å²) in [4.78, 5) is 70.7. The number of cyclic esters (lactones) is 1. The number of aliphatic hydroxyl groups is 1. The number of aliphatic carboxylic acids is 5. The molecule has 1 fully saturated rings. The van der Waals surface area contributed by atoms with E-state index in [1.165, 1.54) is 0 Å². The van der Waals surface area contributed by atoms with Crippen LogP contribution in [0.4, 0.5) is 0 Å². The van der Waals surface area contributed by atoms with Crippen molar-refractivity contribution in [2.75, 3.05) is 0 Å². The minimum Gasteiger partial charge on any atom is -0.481 e. The highest BCUT2D eigenvalue weighted by molar-refractivity contribution is 5.95. The summed E-state index contributed by atoms with van der Waals surface area (Å²) in [7, 11) is 0. The molecule has 1 saturated heterocycles. The second-order valence-electron chi connectivity index (χ2n) is 6.44. The molecule has 0 aliphatic carbocycles. The molecule has 14 heteroatoms. The van der Waals surface area contributed by atoms with Crippen molar-refractivity contribution in [3.8, 4) is 0 Å². The van der Waals surface area contributed by atoms with E-state index in [0.29, 0.717) is 12.8 Å². The Hall–Kier alpha value is -3.55. The lowest BCUT2D eigenvalue weighted by Crippen LogP contribution is -2.14. The van der Waals surface area contributed by atoms with Gasteiger partial charge in [0.05, 0.1) is 25.4 Å². The summed E-state index contributed by atoms with van der Waals surface area (Å²) < 4.78 is 4.65. The number of carbonyl (C=O) groups is 7. The van der Waals surface area contributed by atoms with Gasteiger partial charge in [-0.3, -0.25) is 33.6 Å². The molecule has 32 heavy (non-hydrogen) atoms. The molecule has 1 aliphatic heterocycles. The third-order valence-electron chi connectivity index (χ3n) is 3.44. The van der Waals surface area contributed by atoms with Crippen LogP contribution in [-0.2, 0) is 38.3 Å². The average molecular weight is 466 g/mol. The van der Waals surface area contributed by atoms with Gasteiger partial charge in [-0.2, -0.15) is 0 Å². The summed E-state index contributed by atoms with van der Waals surface area (Å²) in [5.41, 5.74) is 0. The van der Waals surface area contributed by atoms with Crippen molar-refractivity contribution in [1.29, 1.82) is 0 Å². The Labute approximate surface area is 181 Å².